The van der Waals surface area contributed by atoms with Crippen LogP contribution in [0.5, 0.6) is 0 Å². The second kappa shape index (κ2) is 4.96. The van der Waals surface area contributed by atoms with Gasteiger partial charge < -0.3 is 4.90 Å². The van der Waals surface area contributed by atoms with Crippen molar-refractivity contribution in [2.45, 2.75) is 13.0 Å². The summed E-state index contributed by atoms with van der Waals surface area (Å²) in [5.41, 5.74) is 0.104. The Labute approximate surface area is 116 Å². The smallest absolute Gasteiger partial charge is 0.293 e. The summed E-state index contributed by atoms with van der Waals surface area (Å²) in [6, 6.07) is 3.85. The van der Waals surface area contributed by atoms with Crippen LogP contribution in [0.15, 0.2) is 22.7 Å². The number of hydrogen-bond donors (Lipinski definition) is 1. The lowest BCUT2D eigenvalue weighted by Crippen LogP contribution is -2.57. The van der Waals surface area contributed by atoms with E-state index in [2.05, 4.69) is 21.2 Å². The molecule has 1 N–H and O–H groups in total. The molecule has 2 rings (SSSR count). The van der Waals surface area contributed by atoms with Gasteiger partial charge in [0.05, 0.1) is 11.5 Å². The number of carbonyl (C=O) groups is 2. The zero-order chi connectivity index (χ0) is 14.2. The van der Waals surface area contributed by atoms with Crippen molar-refractivity contribution in [1.29, 1.82) is 0 Å². The maximum atomic E-state index is 11.6. The predicted octanol–water partition coefficient (Wildman–Crippen LogP) is 1.21. The number of imide groups is 1. The van der Waals surface area contributed by atoms with Crippen LogP contribution in [0.4, 0.5) is 11.4 Å². The van der Waals surface area contributed by atoms with Gasteiger partial charge in [0.1, 0.15) is 11.7 Å². The van der Waals surface area contributed by atoms with Crippen molar-refractivity contribution in [3.8, 4) is 0 Å². The Morgan fingerprint density at radius 1 is 1.47 bits per heavy atom. The van der Waals surface area contributed by atoms with Crippen molar-refractivity contribution in [3.63, 3.8) is 0 Å². The SMILES string of the molecule is CC1C(=O)NC(=O)CN1c1ccc(Br)cc1[N+](=O)[O-]. The molecule has 0 spiro atoms. The number of nitro benzene ring substituents is 1. The normalized spacial score (nSPS) is 19.3. The highest BCUT2D eigenvalue weighted by Gasteiger charge is 2.33. The molecule has 8 heteroatoms. The van der Waals surface area contributed by atoms with Gasteiger partial charge in [-0.15, -0.1) is 0 Å². The number of hydrogen-bond acceptors (Lipinski definition) is 5. The Kier molecular flexibility index (Phi) is 3.52. The number of nitro groups is 1. The van der Waals surface area contributed by atoms with Gasteiger partial charge in [-0.2, -0.15) is 0 Å². The summed E-state index contributed by atoms with van der Waals surface area (Å²) >= 11 is 3.16. The van der Waals surface area contributed by atoms with E-state index < -0.39 is 22.8 Å². The van der Waals surface area contributed by atoms with Gasteiger partial charge in [-0.25, -0.2) is 0 Å². The molecule has 0 saturated carbocycles. The summed E-state index contributed by atoms with van der Waals surface area (Å²) in [5.74, 6) is -0.936. The van der Waals surface area contributed by atoms with Crippen LogP contribution < -0.4 is 10.2 Å². The first-order chi connectivity index (χ1) is 8.90. The average molecular weight is 328 g/mol. The van der Waals surface area contributed by atoms with Crippen molar-refractivity contribution >= 4 is 39.1 Å². The third-order valence-corrected chi connectivity index (χ3v) is 3.36. The standard InChI is InChI=1S/C11H10BrN3O4/c1-6-11(17)13-10(16)5-14(6)8-3-2-7(12)4-9(8)15(18)19/h2-4,6H,5H2,1H3,(H,13,16,17). The summed E-state index contributed by atoms with van der Waals surface area (Å²) in [4.78, 5) is 34.9. The quantitative estimate of drug-likeness (QED) is 0.500. The molecule has 0 bridgehead atoms. The fraction of sp³-hybridized carbons (Fsp3) is 0.273. The van der Waals surface area contributed by atoms with Crippen LogP contribution >= 0.6 is 15.9 Å². The fourth-order valence-corrected chi connectivity index (χ4v) is 2.24. The number of carbonyl (C=O) groups excluding carboxylic acids is 2. The first-order valence-electron chi connectivity index (χ1n) is 5.44. The summed E-state index contributed by atoms with van der Waals surface area (Å²) in [6.07, 6.45) is 0. The zero-order valence-corrected chi connectivity index (χ0v) is 11.5. The molecule has 19 heavy (non-hydrogen) atoms. The Bertz CT molecular complexity index is 575. The van der Waals surface area contributed by atoms with Crippen LogP contribution in [0, 0.1) is 10.1 Å². The molecule has 0 aliphatic carbocycles. The lowest BCUT2D eigenvalue weighted by Gasteiger charge is -2.33. The van der Waals surface area contributed by atoms with E-state index in [4.69, 9.17) is 0 Å². The van der Waals surface area contributed by atoms with Gasteiger partial charge in [0.2, 0.25) is 11.8 Å². The van der Waals surface area contributed by atoms with Crippen LogP contribution in [0.2, 0.25) is 0 Å². The van der Waals surface area contributed by atoms with Gasteiger partial charge >= 0.3 is 0 Å². The fourth-order valence-electron chi connectivity index (χ4n) is 1.89. The van der Waals surface area contributed by atoms with E-state index in [-0.39, 0.29) is 17.9 Å². The van der Waals surface area contributed by atoms with Gasteiger partial charge in [-0.3, -0.25) is 25.0 Å². The molecule has 1 aromatic rings. The third kappa shape index (κ3) is 2.58. The van der Waals surface area contributed by atoms with Crippen LogP contribution in [0.1, 0.15) is 6.92 Å². The van der Waals surface area contributed by atoms with E-state index in [0.717, 1.165) is 0 Å². The van der Waals surface area contributed by atoms with Gasteiger partial charge in [0.15, 0.2) is 0 Å². The Morgan fingerprint density at radius 3 is 2.79 bits per heavy atom. The van der Waals surface area contributed by atoms with Gasteiger partial charge in [0.25, 0.3) is 5.69 Å². The van der Waals surface area contributed by atoms with E-state index >= 15 is 0 Å². The van der Waals surface area contributed by atoms with Gasteiger partial charge in [-0.1, -0.05) is 15.9 Å². The number of nitrogens with zero attached hydrogens (tertiary/aromatic N) is 2. The van der Waals surface area contributed by atoms with E-state index in [1.54, 1.807) is 13.0 Å². The van der Waals surface area contributed by atoms with Crippen molar-refractivity contribution < 1.29 is 14.5 Å². The van der Waals surface area contributed by atoms with E-state index in [1.807, 2.05) is 0 Å². The predicted molar refractivity (Wildman–Crippen MR) is 70.8 cm³/mol. The second-order valence-corrected chi connectivity index (χ2v) is 5.02. The molecule has 1 fully saturated rings. The molecule has 100 valence electrons. The molecular formula is C11H10BrN3O4. The summed E-state index contributed by atoms with van der Waals surface area (Å²) in [5, 5.41) is 13.2. The number of benzene rings is 1. The molecule has 1 aliphatic heterocycles. The van der Waals surface area contributed by atoms with Crippen molar-refractivity contribution in [3.05, 3.63) is 32.8 Å². The number of amides is 2. The number of rotatable bonds is 2. The molecule has 7 nitrogen and oxygen atoms in total. The lowest BCUT2D eigenvalue weighted by molar-refractivity contribution is -0.384. The largest absolute Gasteiger partial charge is 0.345 e. The Balaban J connectivity index is 2.48. The van der Waals surface area contributed by atoms with Gasteiger partial charge in [-0.05, 0) is 19.1 Å². The Morgan fingerprint density at radius 2 is 2.16 bits per heavy atom. The number of anilines is 1. The molecule has 2 amide bonds. The average Bonchev–Trinajstić information content (AvgIpc) is 2.34. The molecule has 1 atom stereocenters. The van der Waals surface area contributed by atoms with Crippen molar-refractivity contribution in [2.75, 3.05) is 11.4 Å². The maximum absolute atomic E-state index is 11.6. The highest BCUT2D eigenvalue weighted by Crippen LogP contribution is 2.32. The first kappa shape index (κ1) is 13.5. The van der Waals surface area contributed by atoms with Gasteiger partial charge in [0, 0.05) is 10.5 Å². The Hall–Kier alpha value is -1.96. The van der Waals surface area contributed by atoms with E-state index in [0.29, 0.717) is 4.47 Å². The molecule has 1 aromatic carbocycles. The monoisotopic (exact) mass is 327 g/mol. The van der Waals surface area contributed by atoms with E-state index in [1.165, 1.54) is 17.0 Å². The van der Waals surface area contributed by atoms with Crippen LogP contribution in [0.25, 0.3) is 0 Å². The van der Waals surface area contributed by atoms with E-state index in [9.17, 15) is 19.7 Å². The summed E-state index contributed by atoms with van der Waals surface area (Å²) in [7, 11) is 0. The summed E-state index contributed by atoms with van der Waals surface area (Å²) < 4.78 is 0.559. The minimum Gasteiger partial charge on any atom is -0.345 e. The van der Waals surface area contributed by atoms with Crippen LogP contribution in [0.3, 0.4) is 0 Å². The second-order valence-electron chi connectivity index (χ2n) is 4.11. The highest BCUT2D eigenvalue weighted by molar-refractivity contribution is 9.10. The molecule has 1 saturated heterocycles. The van der Waals surface area contributed by atoms with Crippen LogP contribution in [-0.4, -0.2) is 29.3 Å². The molecule has 1 heterocycles. The maximum Gasteiger partial charge on any atom is 0.293 e. The zero-order valence-electron chi connectivity index (χ0n) is 9.92. The van der Waals surface area contributed by atoms with Crippen LogP contribution in [-0.2, 0) is 9.59 Å². The topological polar surface area (TPSA) is 92.6 Å². The molecule has 0 radical (unpaired) electrons. The molecule has 1 aliphatic rings. The number of piperazine rings is 1. The third-order valence-electron chi connectivity index (χ3n) is 2.87. The molecule has 0 aromatic heterocycles. The molecule has 1 unspecified atom stereocenters. The van der Waals surface area contributed by atoms with Crippen molar-refractivity contribution in [1.82, 2.24) is 5.32 Å². The molecular weight excluding hydrogens is 318 g/mol. The minimum absolute atomic E-state index is 0.0879. The number of halogens is 1. The summed E-state index contributed by atoms with van der Waals surface area (Å²) in [6.45, 7) is 1.50. The highest BCUT2D eigenvalue weighted by atomic mass is 79.9. The lowest BCUT2D eigenvalue weighted by atomic mass is 10.1. The minimum atomic E-state index is -0.641. The number of nitrogens with one attached hydrogen (secondary N) is 1. The first-order valence-corrected chi connectivity index (χ1v) is 6.23. The van der Waals surface area contributed by atoms with Crippen molar-refractivity contribution in [2.24, 2.45) is 0 Å².